The van der Waals surface area contributed by atoms with Crippen LogP contribution in [0.2, 0.25) is 0 Å². The molecule has 0 heterocycles. The topological polar surface area (TPSA) is 78.8 Å². The van der Waals surface area contributed by atoms with Gasteiger partial charge in [0.15, 0.2) is 0 Å². The van der Waals surface area contributed by atoms with Crippen molar-refractivity contribution in [2.75, 3.05) is 13.2 Å². The third-order valence-electron chi connectivity index (χ3n) is 5.97. The quantitative estimate of drug-likeness (QED) is 0.433. The molecular formula is C26H26BrNO4. The first-order chi connectivity index (χ1) is 15.5. The van der Waals surface area contributed by atoms with Gasteiger partial charge in [0.05, 0.1) is 0 Å². The van der Waals surface area contributed by atoms with E-state index in [0.717, 1.165) is 38.7 Å². The molecule has 0 aromatic heterocycles. The zero-order chi connectivity index (χ0) is 22.7. The smallest absolute Gasteiger partial charge is 0.407 e. The van der Waals surface area contributed by atoms with Gasteiger partial charge in [0.2, 0.25) is 0 Å². The summed E-state index contributed by atoms with van der Waals surface area (Å²) in [5.41, 5.74) is 6.19. The normalized spacial score (nSPS) is 14.4. The van der Waals surface area contributed by atoms with Crippen molar-refractivity contribution >= 4 is 22.0 Å². The number of aryl methyl sites for hydroxylation is 1. The molecule has 0 radical (unpaired) electrons. The van der Waals surface area contributed by atoms with Gasteiger partial charge in [0.25, 0.3) is 0 Å². The Morgan fingerprint density at radius 3 is 2.28 bits per heavy atom. The lowest BCUT2D eigenvalue weighted by atomic mass is 9.97. The molecule has 6 heteroatoms. The first-order valence-corrected chi connectivity index (χ1v) is 11.5. The summed E-state index contributed by atoms with van der Waals surface area (Å²) in [4.78, 5) is 12.3. The number of fused-ring (bicyclic) bond motifs is 3. The molecule has 3 N–H and O–H groups in total. The molecule has 0 fully saturated rings. The van der Waals surface area contributed by atoms with E-state index in [1.54, 1.807) is 6.07 Å². The minimum atomic E-state index is -1.15. The molecule has 0 saturated carbocycles. The van der Waals surface area contributed by atoms with E-state index < -0.39 is 18.3 Å². The first kappa shape index (κ1) is 22.5. The SMILES string of the molecule is CCc1cc(Br)ccc1C(O)C(O)CNC(=O)OCC1c2ccccc2-c2ccccc21. The van der Waals surface area contributed by atoms with E-state index in [1.165, 1.54) is 0 Å². The molecule has 1 aliphatic carbocycles. The highest BCUT2D eigenvalue weighted by Gasteiger charge is 2.29. The van der Waals surface area contributed by atoms with E-state index in [9.17, 15) is 15.0 Å². The van der Waals surface area contributed by atoms with Crippen molar-refractivity contribution in [1.29, 1.82) is 0 Å². The van der Waals surface area contributed by atoms with Crippen LogP contribution in [0.4, 0.5) is 4.79 Å². The molecule has 1 aliphatic rings. The van der Waals surface area contributed by atoms with Crippen LogP contribution in [-0.2, 0) is 11.2 Å². The Bertz CT molecular complexity index is 1070. The lowest BCUT2D eigenvalue weighted by Gasteiger charge is -2.21. The molecular weight excluding hydrogens is 470 g/mol. The number of carbonyl (C=O) groups excluding carboxylic acids is 1. The molecule has 4 rings (SSSR count). The zero-order valence-electron chi connectivity index (χ0n) is 17.8. The number of alkyl carbamates (subject to hydrolysis) is 1. The van der Waals surface area contributed by atoms with Crippen LogP contribution >= 0.6 is 15.9 Å². The standard InChI is InChI=1S/C26H26BrNO4/c1-2-16-13-17(27)11-12-18(16)25(30)24(29)14-28-26(31)32-15-23-21-9-5-3-7-19(21)20-8-4-6-10-22(20)23/h3-13,23-25,29-30H,2,14-15H2,1H3,(H,28,31). The highest BCUT2D eigenvalue weighted by atomic mass is 79.9. The molecule has 166 valence electrons. The minimum absolute atomic E-state index is 0.0291. The maximum absolute atomic E-state index is 12.3. The summed E-state index contributed by atoms with van der Waals surface area (Å²) in [5.74, 6) is -0.0291. The number of nitrogens with one attached hydrogen (secondary N) is 1. The molecule has 0 bridgehead atoms. The van der Waals surface area contributed by atoms with Crippen molar-refractivity contribution < 1.29 is 19.7 Å². The van der Waals surface area contributed by atoms with E-state index >= 15 is 0 Å². The Balaban J connectivity index is 1.35. The summed E-state index contributed by atoms with van der Waals surface area (Å²) in [7, 11) is 0. The van der Waals surface area contributed by atoms with E-state index in [1.807, 2.05) is 43.3 Å². The number of hydrogen-bond donors (Lipinski definition) is 3. The van der Waals surface area contributed by atoms with Crippen LogP contribution in [0.25, 0.3) is 11.1 Å². The van der Waals surface area contributed by atoms with Crippen LogP contribution in [0.3, 0.4) is 0 Å². The highest BCUT2D eigenvalue weighted by molar-refractivity contribution is 9.10. The number of hydrogen-bond acceptors (Lipinski definition) is 4. The second kappa shape index (κ2) is 9.86. The van der Waals surface area contributed by atoms with Gasteiger partial charge in [-0.15, -0.1) is 0 Å². The van der Waals surface area contributed by atoms with Crippen molar-refractivity contribution in [1.82, 2.24) is 5.32 Å². The van der Waals surface area contributed by atoms with E-state index in [-0.39, 0.29) is 19.1 Å². The third-order valence-corrected chi connectivity index (χ3v) is 6.46. The summed E-state index contributed by atoms with van der Waals surface area (Å²) in [6.45, 7) is 2.07. The lowest BCUT2D eigenvalue weighted by Crippen LogP contribution is -2.36. The number of aliphatic hydroxyl groups excluding tert-OH is 2. The van der Waals surface area contributed by atoms with Gasteiger partial charge in [-0.2, -0.15) is 0 Å². The fraction of sp³-hybridized carbons (Fsp3) is 0.269. The number of halogens is 1. The summed E-state index contributed by atoms with van der Waals surface area (Å²) in [5, 5.41) is 23.6. The Labute approximate surface area is 196 Å². The van der Waals surface area contributed by atoms with Gasteiger partial charge in [0.1, 0.15) is 18.8 Å². The van der Waals surface area contributed by atoms with Crippen molar-refractivity contribution in [2.24, 2.45) is 0 Å². The van der Waals surface area contributed by atoms with Crippen LogP contribution < -0.4 is 5.32 Å². The zero-order valence-corrected chi connectivity index (χ0v) is 19.4. The number of ether oxygens (including phenoxy) is 1. The van der Waals surface area contributed by atoms with E-state index in [0.29, 0.717) is 5.56 Å². The van der Waals surface area contributed by atoms with Gasteiger partial charge in [-0.05, 0) is 51.9 Å². The highest BCUT2D eigenvalue weighted by Crippen LogP contribution is 2.44. The van der Waals surface area contributed by atoms with Gasteiger partial charge in [0, 0.05) is 16.9 Å². The molecule has 3 aromatic carbocycles. The average molecular weight is 496 g/mol. The first-order valence-electron chi connectivity index (χ1n) is 10.7. The van der Waals surface area contributed by atoms with Gasteiger partial charge < -0.3 is 20.3 Å². The Morgan fingerprint density at radius 2 is 1.66 bits per heavy atom. The fourth-order valence-corrected chi connectivity index (χ4v) is 4.73. The maximum atomic E-state index is 12.3. The van der Waals surface area contributed by atoms with Gasteiger partial charge in [-0.25, -0.2) is 4.79 Å². The lowest BCUT2D eigenvalue weighted by molar-refractivity contribution is 0.0181. The molecule has 5 nitrogen and oxygen atoms in total. The molecule has 2 atom stereocenters. The van der Waals surface area contributed by atoms with Crippen molar-refractivity contribution in [3.8, 4) is 11.1 Å². The number of benzene rings is 3. The van der Waals surface area contributed by atoms with Crippen LogP contribution in [0.5, 0.6) is 0 Å². The van der Waals surface area contributed by atoms with Crippen molar-refractivity contribution in [3.63, 3.8) is 0 Å². The monoisotopic (exact) mass is 495 g/mol. The van der Waals surface area contributed by atoms with Crippen LogP contribution in [0, 0.1) is 0 Å². The summed E-state index contributed by atoms with van der Waals surface area (Å²) >= 11 is 3.42. The Hall–Kier alpha value is -2.67. The third kappa shape index (κ3) is 4.58. The number of aliphatic hydroxyl groups is 2. The molecule has 0 saturated heterocycles. The largest absolute Gasteiger partial charge is 0.449 e. The molecule has 2 unspecified atom stereocenters. The number of carbonyl (C=O) groups is 1. The second-order valence-corrected chi connectivity index (χ2v) is 8.83. The fourth-order valence-electron chi connectivity index (χ4n) is 4.33. The summed E-state index contributed by atoms with van der Waals surface area (Å²) < 4.78 is 6.40. The van der Waals surface area contributed by atoms with Gasteiger partial charge >= 0.3 is 6.09 Å². The van der Waals surface area contributed by atoms with E-state index in [4.69, 9.17) is 4.74 Å². The molecule has 1 amide bonds. The minimum Gasteiger partial charge on any atom is -0.449 e. The molecule has 0 spiro atoms. The molecule has 3 aromatic rings. The molecule has 0 aliphatic heterocycles. The average Bonchev–Trinajstić information content (AvgIpc) is 3.14. The number of rotatable bonds is 7. The predicted molar refractivity (Wildman–Crippen MR) is 128 cm³/mol. The summed E-state index contributed by atoms with van der Waals surface area (Å²) in [6, 6.07) is 21.8. The number of amides is 1. The van der Waals surface area contributed by atoms with Crippen molar-refractivity contribution in [2.45, 2.75) is 31.5 Å². The Morgan fingerprint density at radius 1 is 1.03 bits per heavy atom. The van der Waals surface area contributed by atoms with Crippen LogP contribution in [-0.4, -0.2) is 35.6 Å². The van der Waals surface area contributed by atoms with Gasteiger partial charge in [-0.3, -0.25) is 0 Å². The van der Waals surface area contributed by atoms with Crippen molar-refractivity contribution in [3.05, 3.63) is 93.5 Å². The maximum Gasteiger partial charge on any atom is 0.407 e. The second-order valence-electron chi connectivity index (χ2n) is 7.92. The van der Waals surface area contributed by atoms with Crippen LogP contribution in [0.1, 0.15) is 41.2 Å². The van der Waals surface area contributed by atoms with E-state index in [2.05, 4.69) is 45.5 Å². The Kier molecular flexibility index (Phi) is 6.94. The summed E-state index contributed by atoms with van der Waals surface area (Å²) in [6.07, 6.45) is -2.16. The van der Waals surface area contributed by atoms with Gasteiger partial charge in [-0.1, -0.05) is 77.5 Å². The van der Waals surface area contributed by atoms with Crippen LogP contribution in [0.15, 0.2) is 71.2 Å². The molecule has 32 heavy (non-hydrogen) atoms. The predicted octanol–water partition coefficient (Wildman–Crippen LogP) is 4.94.